The van der Waals surface area contributed by atoms with E-state index in [4.69, 9.17) is 0 Å². The molecule has 0 aromatic carbocycles. The lowest BCUT2D eigenvalue weighted by Crippen LogP contribution is -2.38. The van der Waals surface area contributed by atoms with Crippen LogP contribution in [0.25, 0.3) is 0 Å². The van der Waals surface area contributed by atoms with Crippen molar-refractivity contribution in [2.24, 2.45) is 0 Å². The maximum atomic E-state index is 13.5. The summed E-state index contributed by atoms with van der Waals surface area (Å²) in [6.07, 6.45) is -1.32. The summed E-state index contributed by atoms with van der Waals surface area (Å²) >= 11 is 0. The number of likely N-dealkylation sites (tertiary alicyclic amines) is 1. The van der Waals surface area contributed by atoms with Crippen LogP contribution in [-0.4, -0.2) is 49.1 Å². The van der Waals surface area contributed by atoms with E-state index in [-0.39, 0.29) is 24.4 Å². The van der Waals surface area contributed by atoms with E-state index in [2.05, 4.69) is 15.5 Å². The van der Waals surface area contributed by atoms with Crippen molar-refractivity contribution in [3.05, 3.63) is 29.7 Å². The maximum absolute atomic E-state index is 13.5. The summed E-state index contributed by atoms with van der Waals surface area (Å²) in [5.41, 5.74) is 1.39. The van der Waals surface area contributed by atoms with Gasteiger partial charge in [0.25, 0.3) is 0 Å². The number of alkyl halides is 3. The fraction of sp³-hybridized carbons (Fsp3) is 0.632. The van der Waals surface area contributed by atoms with Gasteiger partial charge in [-0.2, -0.15) is 23.4 Å². The Labute approximate surface area is 166 Å². The Morgan fingerprint density at radius 2 is 2.14 bits per heavy atom. The van der Waals surface area contributed by atoms with Crippen molar-refractivity contribution in [2.75, 3.05) is 11.9 Å². The number of halogens is 3. The van der Waals surface area contributed by atoms with Crippen LogP contribution in [0.5, 0.6) is 0 Å². The van der Waals surface area contributed by atoms with E-state index >= 15 is 0 Å². The Bertz CT molecular complexity index is 904. The SMILES string of the molecule is Cc1ccnn1[C@H](C)C(=O)N1CCC[C@H]1c1cc2n(n1)[C@@H](C(F)(F)F)C[C@@H](C)N2. The Balaban J connectivity index is 1.62. The van der Waals surface area contributed by atoms with Gasteiger partial charge in [-0.3, -0.25) is 9.48 Å². The molecule has 1 amide bonds. The minimum Gasteiger partial charge on any atom is -0.368 e. The van der Waals surface area contributed by atoms with Crippen molar-refractivity contribution >= 4 is 11.7 Å². The van der Waals surface area contributed by atoms with Crippen LogP contribution in [0.4, 0.5) is 19.0 Å². The number of aromatic nitrogens is 4. The first-order valence-electron chi connectivity index (χ1n) is 9.90. The molecule has 158 valence electrons. The normalized spacial score (nSPS) is 25.6. The van der Waals surface area contributed by atoms with Gasteiger partial charge in [-0.15, -0.1) is 0 Å². The average Bonchev–Trinajstić information content (AvgIpc) is 3.37. The number of fused-ring (bicyclic) bond motifs is 1. The van der Waals surface area contributed by atoms with Gasteiger partial charge in [0.2, 0.25) is 5.91 Å². The van der Waals surface area contributed by atoms with Gasteiger partial charge in [-0.25, -0.2) is 4.68 Å². The minimum atomic E-state index is -4.37. The molecule has 0 saturated carbocycles. The van der Waals surface area contributed by atoms with Crippen LogP contribution in [0, 0.1) is 6.92 Å². The fourth-order valence-electron chi connectivity index (χ4n) is 4.41. The molecule has 0 radical (unpaired) electrons. The summed E-state index contributed by atoms with van der Waals surface area (Å²) in [6.45, 7) is 5.96. The van der Waals surface area contributed by atoms with E-state index in [9.17, 15) is 18.0 Å². The number of hydrogen-bond donors (Lipinski definition) is 1. The van der Waals surface area contributed by atoms with Gasteiger partial charge in [-0.1, -0.05) is 0 Å². The van der Waals surface area contributed by atoms with Crippen LogP contribution in [0.1, 0.15) is 62.6 Å². The lowest BCUT2D eigenvalue weighted by Gasteiger charge is -2.31. The monoisotopic (exact) mass is 410 g/mol. The Kier molecular flexibility index (Phi) is 4.82. The van der Waals surface area contributed by atoms with Gasteiger partial charge in [0.15, 0.2) is 6.04 Å². The molecular formula is C19H25F3N6O. The van der Waals surface area contributed by atoms with Crippen LogP contribution in [0.2, 0.25) is 0 Å². The average molecular weight is 410 g/mol. The Hall–Kier alpha value is -2.52. The zero-order valence-electron chi connectivity index (χ0n) is 16.6. The maximum Gasteiger partial charge on any atom is 0.410 e. The predicted octanol–water partition coefficient (Wildman–Crippen LogP) is 3.62. The van der Waals surface area contributed by atoms with E-state index in [1.54, 1.807) is 35.7 Å². The summed E-state index contributed by atoms with van der Waals surface area (Å²) in [5, 5.41) is 11.6. The number of aryl methyl sites for hydroxylation is 1. The topological polar surface area (TPSA) is 68.0 Å². The van der Waals surface area contributed by atoms with E-state index in [1.807, 2.05) is 13.0 Å². The van der Waals surface area contributed by atoms with Crippen LogP contribution in [-0.2, 0) is 4.79 Å². The van der Waals surface area contributed by atoms with Gasteiger partial charge < -0.3 is 10.2 Å². The summed E-state index contributed by atoms with van der Waals surface area (Å²) in [5.74, 6) is 0.260. The van der Waals surface area contributed by atoms with Crippen LogP contribution < -0.4 is 5.32 Å². The molecular weight excluding hydrogens is 385 g/mol. The number of carbonyl (C=O) groups excluding carboxylic acids is 1. The predicted molar refractivity (Wildman–Crippen MR) is 100 cm³/mol. The van der Waals surface area contributed by atoms with Gasteiger partial charge in [0.1, 0.15) is 11.9 Å². The van der Waals surface area contributed by atoms with Gasteiger partial charge >= 0.3 is 6.18 Å². The second-order valence-electron chi connectivity index (χ2n) is 8.02. The van der Waals surface area contributed by atoms with Crippen LogP contribution in [0.3, 0.4) is 0 Å². The molecule has 10 heteroatoms. The lowest BCUT2D eigenvalue weighted by molar-refractivity contribution is -0.173. The Morgan fingerprint density at radius 3 is 2.79 bits per heavy atom. The molecule has 29 heavy (non-hydrogen) atoms. The second-order valence-corrected chi connectivity index (χ2v) is 8.02. The molecule has 7 nitrogen and oxygen atoms in total. The number of nitrogens with one attached hydrogen (secondary N) is 1. The van der Waals surface area contributed by atoms with Crippen molar-refractivity contribution in [1.82, 2.24) is 24.5 Å². The zero-order chi connectivity index (χ0) is 20.9. The molecule has 4 heterocycles. The number of hydrogen-bond acceptors (Lipinski definition) is 4. The highest BCUT2D eigenvalue weighted by molar-refractivity contribution is 5.80. The quantitative estimate of drug-likeness (QED) is 0.839. The molecule has 0 unspecified atom stereocenters. The zero-order valence-corrected chi connectivity index (χ0v) is 16.6. The van der Waals surface area contributed by atoms with Crippen LogP contribution in [0.15, 0.2) is 18.3 Å². The molecule has 0 bridgehead atoms. The Morgan fingerprint density at radius 1 is 1.38 bits per heavy atom. The number of carbonyl (C=O) groups is 1. The van der Waals surface area contributed by atoms with Crippen LogP contribution >= 0.6 is 0 Å². The van der Waals surface area contributed by atoms with Gasteiger partial charge in [0.05, 0.1) is 11.7 Å². The third-order valence-electron chi connectivity index (χ3n) is 5.87. The second kappa shape index (κ2) is 7.07. The molecule has 2 aliphatic heterocycles. The molecule has 2 aliphatic rings. The summed E-state index contributed by atoms with van der Waals surface area (Å²) in [7, 11) is 0. The molecule has 1 N–H and O–H groups in total. The molecule has 4 rings (SSSR count). The molecule has 2 aromatic heterocycles. The standard InChI is InChI=1S/C19H25F3N6O/c1-11-9-16(19(20,21)22)28-17(24-11)10-14(25-28)15-5-4-8-26(15)18(29)13(3)27-12(2)6-7-23-27/h6-7,10-11,13,15-16,24H,4-5,8-9H2,1-3H3/t11-,13-,15+,16-/m1/s1. The fourth-order valence-corrected chi connectivity index (χ4v) is 4.41. The number of rotatable bonds is 3. The third kappa shape index (κ3) is 3.49. The van der Waals surface area contributed by atoms with Crippen molar-refractivity contribution in [1.29, 1.82) is 0 Å². The van der Waals surface area contributed by atoms with Crippen molar-refractivity contribution in [3.63, 3.8) is 0 Å². The highest BCUT2D eigenvalue weighted by atomic mass is 19.4. The molecule has 0 aliphatic carbocycles. The molecule has 2 aromatic rings. The van der Waals surface area contributed by atoms with Crippen molar-refractivity contribution in [2.45, 2.75) is 70.4 Å². The molecule has 1 saturated heterocycles. The number of amides is 1. The van der Waals surface area contributed by atoms with E-state index in [0.29, 0.717) is 24.5 Å². The summed E-state index contributed by atoms with van der Waals surface area (Å²) < 4.78 is 43.3. The van der Waals surface area contributed by atoms with E-state index in [0.717, 1.165) is 16.8 Å². The lowest BCUT2D eigenvalue weighted by atomic mass is 10.1. The van der Waals surface area contributed by atoms with Gasteiger partial charge in [0, 0.05) is 30.5 Å². The number of nitrogens with zero attached hydrogens (tertiary/aromatic N) is 5. The molecule has 1 fully saturated rings. The highest BCUT2D eigenvalue weighted by Gasteiger charge is 2.46. The summed E-state index contributed by atoms with van der Waals surface area (Å²) in [6, 6.07) is 0.725. The van der Waals surface area contributed by atoms with E-state index in [1.165, 1.54) is 0 Å². The first kappa shape index (κ1) is 19.8. The first-order chi connectivity index (χ1) is 13.7. The summed E-state index contributed by atoms with van der Waals surface area (Å²) in [4.78, 5) is 14.9. The minimum absolute atomic E-state index is 0.0689. The van der Waals surface area contributed by atoms with Gasteiger partial charge in [-0.05, 0) is 46.1 Å². The van der Waals surface area contributed by atoms with Crippen molar-refractivity contribution in [3.8, 4) is 0 Å². The first-order valence-corrected chi connectivity index (χ1v) is 9.90. The molecule has 0 spiro atoms. The van der Waals surface area contributed by atoms with Crippen molar-refractivity contribution < 1.29 is 18.0 Å². The highest BCUT2D eigenvalue weighted by Crippen LogP contribution is 2.41. The molecule has 4 atom stereocenters. The third-order valence-corrected chi connectivity index (χ3v) is 5.87. The van der Waals surface area contributed by atoms with E-state index < -0.39 is 18.3 Å². The largest absolute Gasteiger partial charge is 0.410 e. The smallest absolute Gasteiger partial charge is 0.368 e. The number of anilines is 1.